The van der Waals surface area contributed by atoms with Gasteiger partial charge in [0.2, 0.25) is 0 Å². The number of hydrogen-bond acceptors (Lipinski definition) is 14. The van der Waals surface area contributed by atoms with Gasteiger partial charge >= 0.3 is 0 Å². The van der Waals surface area contributed by atoms with Crippen LogP contribution < -0.4 is 0 Å². The van der Waals surface area contributed by atoms with E-state index in [1.165, 1.54) is 24.3 Å². The molecule has 20 heteroatoms. The van der Waals surface area contributed by atoms with Crippen LogP contribution in [0.4, 0.5) is 11.4 Å². The van der Waals surface area contributed by atoms with E-state index in [4.69, 9.17) is 0 Å². The molecule has 2 aromatic heterocycles. The maximum absolute atomic E-state index is 13.1. The van der Waals surface area contributed by atoms with Crippen molar-refractivity contribution < 1.29 is 26.7 Å². The molecular weight excluding hydrogens is 572 g/mol. The van der Waals surface area contributed by atoms with E-state index in [1.807, 2.05) is 0 Å². The molecule has 40 heavy (non-hydrogen) atoms. The van der Waals surface area contributed by atoms with E-state index in [2.05, 4.69) is 31.1 Å². The van der Waals surface area contributed by atoms with Crippen LogP contribution in [0.25, 0.3) is 22.8 Å². The van der Waals surface area contributed by atoms with Gasteiger partial charge in [0.05, 0.1) is 19.6 Å². The highest BCUT2D eigenvalue weighted by Gasteiger charge is 2.27. The van der Waals surface area contributed by atoms with Gasteiger partial charge in [0, 0.05) is 35.4 Å². The summed E-state index contributed by atoms with van der Waals surface area (Å²) in [6.07, 6.45) is 0. The minimum Gasteiger partial charge on any atom is -0.258 e. The van der Waals surface area contributed by atoms with Crippen LogP contribution in [0.5, 0.6) is 0 Å². The van der Waals surface area contributed by atoms with Crippen molar-refractivity contribution >= 4 is 31.4 Å². The second kappa shape index (κ2) is 9.67. The van der Waals surface area contributed by atoms with Crippen LogP contribution >= 0.6 is 0 Å². The smallest absolute Gasteiger partial charge is 0.258 e. The van der Waals surface area contributed by atoms with Gasteiger partial charge < -0.3 is 0 Å². The average Bonchev–Trinajstić information content (AvgIpc) is 3.64. The molecule has 0 atom stereocenters. The molecule has 3 aromatic carbocycles. The quantitative estimate of drug-likeness (QED) is 0.184. The fourth-order valence-corrected chi connectivity index (χ4v) is 5.82. The zero-order valence-corrected chi connectivity index (χ0v) is 21.1. The Morgan fingerprint density at radius 1 is 0.550 bits per heavy atom. The van der Waals surface area contributed by atoms with Gasteiger partial charge in [0.25, 0.3) is 31.4 Å². The van der Waals surface area contributed by atoms with Crippen LogP contribution in [0.2, 0.25) is 0 Å². The van der Waals surface area contributed by atoms with Gasteiger partial charge in [0.15, 0.2) is 11.6 Å². The van der Waals surface area contributed by atoms with Gasteiger partial charge in [-0.1, -0.05) is 24.3 Å². The zero-order valence-electron chi connectivity index (χ0n) is 19.5. The summed E-state index contributed by atoms with van der Waals surface area (Å²) in [4.78, 5) is 19.8. The molecule has 0 unspecified atom stereocenters. The van der Waals surface area contributed by atoms with Gasteiger partial charge in [-0.25, -0.2) is 0 Å². The lowest BCUT2D eigenvalue weighted by Gasteiger charge is -2.08. The van der Waals surface area contributed by atoms with E-state index in [-0.39, 0.29) is 43.9 Å². The highest BCUT2D eigenvalue weighted by Crippen LogP contribution is 2.27. The molecule has 0 amide bonds. The number of tetrazole rings is 2. The molecule has 5 rings (SSSR count). The zero-order chi connectivity index (χ0) is 28.7. The van der Waals surface area contributed by atoms with E-state index < -0.39 is 29.9 Å². The number of non-ortho nitro benzene ring substituents is 2. The molecular formula is C20H12N10O8S2. The Morgan fingerprint density at radius 3 is 1.18 bits per heavy atom. The Kier molecular flexibility index (Phi) is 6.31. The van der Waals surface area contributed by atoms with Crippen molar-refractivity contribution in [2.24, 2.45) is 0 Å². The van der Waals surface area contributed by atoms with Crippen LogP contribution in [0.1, 0.15) is 0 Å². The molecule has 0 saturated carbocycles. The van der Waals surface area contributed by atoms with Gasteiger partial charge in [0.1, 0.15) is 0 Å². The van der Waals surface area contributed by atoms with Crippen molar-refractivity contribution in [3.63, 3.8) is 0 Å². The number of rotatable bonds is 8. The lowest BCUT2D eigenvalue weighted by Crippen LogP contribution is -2.16. The molecule has 0 saturated heterocycles. The normalized spacial score (nSPS) is 11.8. The Hall–Kier alpha value is -5.50. The number of hydrogen-bond donors (Lipinski definition) is 0. The highest BCUT2D eigenvalue weighted by atomic mass is 32.2. The van der Waals surface area contributed by atoms with Gasteiger partial charge in [-0.2, -0.15) is 16.8 Å². The molecule has 0 bridgehead atoms. The maximum atomic E-state index is 13.1. The molecule has 2 heterocycles. The number of aromatic nitrogens is 8. The fourth-order valence-electron chi connectivity index (χ4n) is 3.47. The van der Waals surface area contributed by atoms with Crippen LogP contribution in [-0.4, -0.2) is 65.9 Å². The molecule has 0 radical (unpaired) electrons. The molecule has 0 aliphatic heterocycles. The minimum atomic E-state index is -4.34. The minimum absolute atomic E-state index is 0.192. The van der Waals surface area contributed by atoms with Crippen molar-refractivity contribution in [3.05, 3.63) is 93.0 Å². The Balaban J connectivity index is 1.47. The number of nitro groups is 2. The summed E-state index contributed by atoms with van der Waals surface area (Å²) < 4.78 is 53.5. The van der Waals surface area contributed by atoms with Crippen molar-refractivity contribution in [1.29, 1.82) is 0 Å². The predicted molar refractivity (Wildman–Crippen MR) is 131 cm³/mol. The second-order valence-electron chi connectivity index (χ2n) is 7.78. The van der Waals surface area contributed by atoms with Crippen LogP contribution in [0.3, 0.4) is 0 Å². The number of benzene rings is 3. The van der Waals surface area contributed by atoms with Crippen molar-refractivity contribution in [3.8, 4) is 22.8 Å². The summed E-state index contributed by atoms with van der Waals surface area (Å²) in [5, 5.41) is 43.2. The molecule has 0 spiro atoms. The summed E-state index contributed by atoms with van der Waals surface area (Å²) in [7, 11) is -8.67. The number of nitro benzene ring substituents is 2. The molecule has 0 aliphatic carbocycles. The highest BCUT2D eigenvalue weighted by molar-refractivity contribution is 7.90. The summed E-state index contributed by atoms with van der Waals surface area (Å²) in [6, 6.07) is 13.9. The molecule has 18 nitrogen and oxygen atoms in total. The first kappa shape index (κ1) is 26.1. The number of nitrogens with zero attached hydrogens (tertiary/aromatic N) is 10. The van der Waals surface area contributed by atoms with Gasteiger partial charge in [-0.3, -0.25) is 20.2 Å². The third-order valence-corrected chi connectivity index (χ3v) is 8.57. The first-order chi connectivity index (χ1) is 19.0. The SMILES string of the molecule is O=[N+]([O-])c1ccc(S(=O)(=O)n2nnnc2-c2ccc(-c3nnnn3S(=O)(=O)c3ccc([N+](=O)[O-])cc3)cc2)cc1. The largest absolute Gasteiger partial charge is 0.286 e. The van der Waals surface area contributed by atoms with Crippen molar-refractivity contribution in [2.45, 2.75) is 9.79 Å². The molecule has 0 aliphatic rings. The standard InChI is InChI=1S/C20H12N10O8S2/c31-29(32)15-5-9-17(10-6-15)39(35,36)27-19(21-23-25-27)13-1-2-14(4-3-13)20-22-24-26-28(20)40(37,38)18-11-7-16(8-12-18)30(33)34/h1-12H. The third-order valence-electron chi connectivity index (χ3n) is 5.43. The Labute approximate surface area is 222 Å². The fraction of sp³-hybridized carbons (Fsp3) is 0. The van der Waals surface area contributed by atoms with E-state index in [0.717, 1.165) is 48.5 Å². The van der Waals surface area contributed by atoms with E-state index in [9.17, 15) is 37.1 Å². The van der Waals surface area contributed by atoms with Crippen molar-refractivity contribution in [1.82, 2.24) is 39.2 Å². The molecule has 5 aromatic rings. The molecule has 0 N–H and O–H groups in total. The van der Waals surface area contributed by atoms with E-state index in [0.29, 0.717) is 8.17 Å². The van der Waals surface area contributed by atoms with Crippen LogP contribution in [-0.2, 0) is 20.0 Å². The second-order valence-corrected chi connectivity index (χ2v) is 11.3. The summed E-state index contributed by atoms with van der Waals surface area (Å²) in [5.41, 5.74) is -0.165. The van der Waals surface area contributed by atoms with Crippen molar-refractivity contribution in [2.75, 3.05) is 0 Å². The van der Waals surface area contributed by atoms with Gasteiger partial charge in [-0.15, -0.1) is 18.4 Å². The lowest BCUT2D eigenvalue weighted by molar-refractivity contribution is -0.385. The summed E-state index contributed by atoms with van der Waals surface area (Å²) in [5.74, 6) is -0.383. The van der Waals surface area contributed by atoms with Gasteiger partial charge in [-0.05, 0) is 45.1 Å². The molecule has 0 fully saturated rings. The predicted octanol–water partition coefficient (Wildman–Crippen LogP) is 1.28. The lowest BCUT2D eigenvalue weighted by atomic mass is 10.1. The molecule has 202 valence electrons. The van der Waals surface area contributed by atoms with E-state index >= 15 is 0 Å². The summed E-state index contributed by atoms with van der Waals surface area (Å²) in [6.45, 7) is 0. The first-order valence-corrected chi connectivity index (χ1v) is 13.6. The first-order valence-electron chi connectivity index (χ1n) is 10.7. The monoisotopic (exact) mass is 584 g/mol. The average molecular weight is 585 g/mol. The Bertz CT molecular complexity index is 1830. The third kappa shape index (κ3) is 4.52. The topological polar surface area (TPSA) is 242 Å². The maximum Gasteiger partial charge on any atom is 0.286 e. The van der Waals surface area contributed by atoms with Crippen LogP contribution in [0.15, 0.2) is 82.6 Å². The van der Waals surface area contributed by atoms with Crippen LogP contribution in [0, 0.1) is 20.2 Å². The Morgan fingerprint density at radius 2 is 0.875 bits per heavy atom. The summed E-state index contributed by atoms with van der Waals surface area (Å²) >= 11 is 0. The van der Waals surface area contributed by atoms with E-state index in [1.54, 1.807) is 0 Å².